The van der Waals surface area contributed by atoms with E-state index >= 15 is 0 Å². The van der Waals surface area contributed by atoms with Crippen LogP contribution in [0.4, 0.5) is 0 Å². The average Bonchev–Trinajstić information content (AvgIpc) is 2.69. The van der Waals surface area contributed by atoms with Gasteiger partial charge in [0.05, 0.1) is 0 Å². The van der Waals surface area contributed by atoms with Crippen molar-refractivity contribution < 1.29 is 4.79 Å². The molecule has 1 aromatic heterocycles. The van der Waals surface area contributed by atoms with Crippen molar-refractivity contribution in [3.63, 3.8) is 0 Å². The number of likely N-dealkylation sites (N-methyl/N-ethyl adjacent to an activating group) is 1. The molecule has 0 spiro atoms. The Morgan fingerprint density at radius 1 is 1.14 bits per heavy atom. The van der Waals surface area contributed by atoms with Crippen molar-refractivity contribution in [2.24, 2.45) is 4.99 Å². The van der Waals surface area contributed by atoms with E-state index in [9.17, 15) is 4.79 Å². The van der Waals surface area contributed by atoms with Gasteiger partial charge >= 0.3 is 0 Å². The zero-order chi connectivity index (χ0) is 21.6. The van der Waals surface area contributed by atoms with Crippen LogP contribution in [0, 0.1) is 0 Å². The van der Waals surface area contributed by atoms with E-state index in [4.69, 9.17) is 0 Å². The lowest BCUT2D eigenvalue weighted by atomic mass is 10.2. The molecule has 0 bridgehead atoms. The van der Waals surface area contributed by atoms with E-state index in [2.05, 4.69) is 53.2 Å². The third kappa shape index (κ3) is 10.3. The predicted octanol–water partition coefficient (Wildman–Crippen LogP) is 2.15. The van der Waals surface area contributed by atoms with Gasteiger partial charge < -0.3 is 15.5 Å². The summed E-state index contributed by atoms with van der Waals surface area (Å²) in [6.07, 6.45) is 3.55. The normalized spacial score (nSPS) is 12.0. The van der Waals surface area contributed by atoms with Crippen molar-refractivity contribution in [1.82, 2.24) is 25.4 Å². The van der Waals surface area contributed by atoms with Gasteiger partial charge in [0.15, 0.2) is 5.96 Å². The average molecular weight is 405 g/mol. The molecule has 0 aliphatic rings. The molecule has 164 valence electrons. The van der Waals surface area contributed by atoms with Gasteiger partial charge in [-0.15, -0.1) is 0 Å². The lowest BCUT2D eigenvalue weighted by Gasteiger charge is -2.30. The van der Waals surface area contributed by atoms with Crippen LogP contribution in [0.1, 0.15) is 46.7 Å². The van der Waals surface area contributed by atoms with Crippen LogP contribution in [0.5, 0.6) is 0 Å². The number of carbonyl (C=O) groups is 1. The molecule has 0 saturated heterocycles. The van der Waals surface area contributed by atoms with E-state index < -0.39 is 0 Å². The molecule has 1 aromatic rings. The lowest BCUT2D eigenvalue weighted by molar-refractivity contribution is -0.128. The molecule has 2 N–H and O–H groups in total. The van der Waals surface area contributed by atoms with Gasteiger partial charge in [-0.25, -0.2) is 4.99 Å². The molecular formula is C22H40N6O. The topological polar surface area (TPSA) is 72.9 Å². The summed E-state index contributed by atoms with van der Waals surface area (Å²) in [5.74, 6) is 0.698. The maximum Gasteiger partial charge on any atom is 0.244 e. The number of aliphatic imine (C=N–C) groups is 1. The van der Waals surface area contributed by atoms with Gasteiger partial charge in [-0.1, -0.05) is 6.07 Å². The number of carbonyl (C=O) groups excluding carboxylic acids is 1. The van der Waals surface area contributed by atoms with Crippen LogP contribution >= 0.6 is 0 Å². The van der Waals surface area contributed by atoms with Crippen molar-refractivity contribution in [1.29, 1.82) is 0 Å². The van der Waals surface area contributed by atoms with Crippen molar-refractivity contribution in [2.75, 3.05) is 39.8 Å². The molecule has 0 aromatic carbocycles. The highest BCUT2D eigenvalue weighted by atomic mass is 16.2. The Balaban J connectivity index is 2.42. The molecule has 29 heavy (non-hydrogen) atoms. The molecule has 0 saturated carbocycles. The van der Waals surface area contributed by atoms with E-state index in [0.717, 1.165) is 38.2 Å². The van der Waals surface area contributed by atoms with E-state index in [-0.39, 0.29) is 12.5 Å². The van der Waals surface area contributed by atoms with Gasteiger partial charge in [0.2, 0.25) is 5.91 Å². The molecule has 1 rings (SSSR count). The SMILES string of the molecule is CCNC(=NCC(=O)N(C)CCc1ccccn1)NCCCN(C(C)C)C(C)C. The van der Waals surface area contributed by atoms with Crippen LogP contribution in [0.25, 0.3) is 0 Å². The summed E-state index contributed by atoms with van der Waals surface area (Å²) in [6.45, 7) is 14.3. The first-order valence-corrected chi connectivity index (χ1v) is 10.8. The predicted molar refractivity (Wildman–Crippen MR) is 121 cm³/mol. The largest absolute Gasteiger partial charge is 0.357 e. The molecule has 7 nitrogen and oxygen atoms in total. The van der Waals surface area contributed by atoms with Crippen molar-refractivity contribution in [3.05, 3.63) is 30.1 Å². The number of amides is 1. The quantitative estimate of drug-likeness (QED) is 0.317. The summed E-state index contributed by atoms with van der Waals surface area (Å²) < 4.78 is 0. The zero-order valence-corrected chi connectivity index (χ0v) is 19.1. The van der Waals surface area contributed by atoms with Crippen molar-refractivity contribution in [3.8, 4) is 0 Å². The van der Waals surface area contributed by atoms with Gasteiger partial charge in [0.1, 0.15) is 6.54 Å². The molecule has 0 unspecified atom stereocenters. The van der Waals surface area contributed by atoms with Gasteiger partial charge in [0, 0.05) is 63.6 Å². The summed E-state index contributed by atoms with van der Waals surface area (Å²) in [5, 5.41) is 6.55. The lowest BCUT2D eigenvalue weighted by Crippen LogP contribution is -2.42. The Labute approximate surface area is 177 Å². The number of guanidine groups is 1. The van der Waals surface area contributed by atoms with Crippen molar-refractivity contribution >= 4 is 11.9 Å². The van der Waals surface area contributed by atoms with Crippen LogP contribution in [0.2, 0.25) is 0 Å². The van der Waals surface area contributed by atoms with E-state index in [0.29, 0.717) is 24.6 Å². The first-order valence-electron chi connectivity index (χ1n) is 10.8. The van der Waals surface area contributed by atoms with Crippen LogP contribution in [0.15, 0.2) is 29.4 Å². The third-order valence-electron chi connectivity index (χ3n) is 4.78. The number of aromatic nitrogens is 1. The van der Waals surface area contributed by atoms with Gasteiger partial charge in [-0.3, -0.25) is 14.7 Å². The van der Waals surface area contributed by atoms with E-state index in [1.807, 2.05) is 32.2 Å². The van der Waals surface area contributed by atoms with E-state index in [1.54, 1.807) is 11.1 Å². The number of nitrogens with zero attached hydrogens (tertiary/aromatic N) is 4. The monoisotopic (exact) mass is 404 g/mol. The molecular weight excluding hydrogens is 364 g/mol. The van der Waals surface area contributed by atoms with Crippen LogP contribution in [-0.2, 0) is 11.2 Å². The fourth-order valence-corrected chi connectivity index (χ4v) is 3.14. The molecule has 1 amide bonds. The minimum absolute atomic E-state index is 0.00363. The third-order valence-corrected chi connectivity index (χ3v) is 4.78. The Morgan fingerprint density at radius 2 is 1.86 bits per heavy atom. The number of hydrogen-bond acceptors (Lipinski definition) is 4. The number of rotatable bonds is 12. The van der Waals surface area contributed by atoms with E-state index in [1.165, 1.54) is 0 Å². The minimum atomic E-state index is 0.00363. The Kier molecular flexibility index (Phi) is 12.0. The fourth-order valence-electron chi connectivity index (χ4n) is 3.14. The second kappa shape index (κ2) is 13.9. The number of nitrogens with one attached hydrogen (secondary N) is 2. The molecule has 0 aliphatic heterocycles. The second-order valence-electron chi connectivity index (χ2n) is 7.79. The first kappa shape index (κ1) is 24.9. The molecule has 0 radical (unpaired) electrons. The Bertz CT molecular complexity index is 595. The molecule has 0 aliphatic carbocycles. The number of hydrogen-bond donors (Lipinski definition) is 2. The fraction of sp³-hybridized carbons (Fsp3) is 0.682. The second-order valence-corrected chi connectivity index (χ2v) is 7.79. The maximum absolute atomic E-state index is 12.4. The Hall–Kier alpha value is -2.15. The summed E-state index contributed by atoms with van der Waals surface area (Å²) >= 11 is 0. The zero-order valence-electron chi connectivity index (χ0n) is 19.1. The highest BCUT2D eigenvalue weighted by molar-refractivity contribution is 5.84. The van der Waals surface area contributed by atoms with Gasteiger partial charge in [0.25, 0.3) is 0 Å². The highest BCUT2D eigenvalue weighted by Crippen LogP contribution is 2.05. The van der Waals surface area contributed by atoms with Crippen LogP contribution < -0.4 is 10.6 Å². The minimum Gasteiger partial charge on any atom is -0.357 e. The van der Waals surface area contributed by atoms with Gasteiger partial charge in [-0.2, -0.15) is 0 Å². The van der Waals surface area contributed by atoms with Crippen LogP contribution in [-0.4, -0.2) is 78.5 Å². The molecule has 0 atom stereocenters. The smallest absolute Gasteiger partial charge is 0.244 e. The highest BCUT2D eigenvalue weighted by Gasteiger charge is 2.12. The summed E-state index contributed by atoms with van der Waals surface area (Å²) in [7, 11) is 1.81. The summed E-state index contributed by atoms with van der Waals surface area (Å²) in [6, 6.07) is 6.91. The Morgan fingerprint density at radius 3 is 2.45 bits per heavy atom. The molecule has 0 fully saturated rings. The molecule has 1 heterocycles. The standard InChI is InChI=1S/C22H40N6O/c1-7-23-22(25-14-10-15-28(18(2)3)19(4)5)26-17-21(29)27(6)16-12-20-11-8-9-13-24-20/h8-9,11,13,18-19H,7,10,12,14-17H2,1-6H3,(H2,23,25,26). The number of pyridine rings is 1. The first-order chi connectivity index (χ1) is 13.8. The van der Waals surface area contributed by atoms with Crippen molar-refractivity contribution in [2.45, 2.75) is 59.5 Å². The summed E-state index contributed by atoms with van der Waals surface area (Å²) in [4.78, 5) is 25.3. The molecule has 7 heteroatoms. The van der Waals surface area contributed by atoms with Gasteiger partial charge in [-0.05, 0) is 53.2 Å². The maximum atomic E-state index is 12.4. The summed E-state index contributed by atoms with van der Waals surface area (Å²) in [5.41, 5.74) is 0.988. The van der Waals surface area contributed by atoms with Crippen LogP contribution in [0.3, 0.4) is 0 Å².